The van der Waals surface area contributed by atoms with Gasteiger partial charge in [-0.2, -0.15) is 0 Å². The topological polar surface area (TPSA) is 28.2 Å². The van der Waals surface area contributed by atoms with Crippen molar-refractivity contribution in [3.8, 4) is 0 Å². The van der Waals surface area contributed by atoms with Gasteiger partial charge in [-0.15, -0.1) is 0 Å². The third kappa shape index (κ3) is 3.51. The lowest BCUT2D eigenvalue weighted by molar-refractivity contribution is 0.106. The minimum atomic E-state index is 0.241. The van der Waals surface area contributed by atoms with Crippen LogP contribution < -0.4 is 5.32 Å². The summed E-state index contributed by atoms with van der Waals surface area (Å²) in [6.07, 6.45) is 4.86. The molecule has 2 heterocycles. The van der Waals surface area contributed by atoms with Crippen LogP contribution in [0.1, 0.15) is 26.3 Å². The Kier molecular flexibility index (Phi) is 3.79. The zero-order valence-electron chi connectivity index (χ0n) is 11.1. The van der Waals surface area contributed by atoms with Crippen LogP contribution in [0.15, 0.2) is 24.5 Å². The van der Waals surface area contributed by atoms with Gasteiger partial charge in [-0.05, 0) is 44.9 Å². The molecular formula is C14H23N3. The standard InChI is InChI=1S/C14H23N3/c1-12-10-16-14(2,3)11-17(12)9-6-13-4-7-15-8-5-13/h4-5,7-8,12,16H,6,9-11H2,1-3H3. The third-order valence-electron chi connectivity index (χ3n) is 3.53. The SMILES string of the molecule is CC1CNC(C)(C)CN1CCc1ccncc1. The van der Waals surface area contributed by atoms with Gasteiger partial charge >= 0.3 is 0 Å². The summed E-state index contributed by atoms with van der Waals surface area (Å²) in [7, 11) is 0. The van der Waals surface area contributed by atoms with Crippen LogP contribution in [0, 0.1) is 0 Å². The van der Waals surface area contributed by atoms with Crippen LogP contribution in [0.3, 0.4) is 0 Å². The van der Waals surface area contributed by atoms with Gasteiger partial charge in [0.2, 0.25) is 0 Å². The fourth-order valence-electron chi connectivity index (χ4n) is 2.39. The van der Waals surface area contributed by atoms with Crippen molar-refractivity contribution in [3.05, 3.63) is 30.1 Å². The molecule has 1 unspecified atom stereocenters. The van der Waals surface area contributed by atoms with Gasteiger partial charge in [0, 0.05) is 43.6 Å². The molecule has 2 rings (SSSR count). The van der Waals surface area contributed by atoms with Crippen molar-refractivity contribution in [2.75, 3.05) is 19.6 Å². The smallest absolute Gasteiger partial charge is 0.0270 e. The van der Waals surface area contributed by atoms with Crippen molar-refractivity contribution in [2.45, 2.75) is 38.8 Å². The summed E-state index contributed by atoms with van der Waals surface area (Å²) in [6, 6.07) is 4.85. The van der Waals surface area contributed by atoms with E-state index >= 15 is 0 Å². The maximum Gasteiger partial charge on any atom is 0.0270 e. The molecular weight excluding hydrogens is 210 g/mol. The predicted octanol–water partition coefficient (Wildman–Crippen LogP) is 1.70. The summed E-state index contributed by atoms with van der Waals surface area (Å²) in [5, 5.41) is 3.58. The maximum absolute atomic E-state index is 4.05. The average Bonchev–Trinajstić information content (AvgIpc) is 2.32. The molecule has 94 valence electrons. The van der Waals surface area contributed by atoms with Crippen LogP contribution in [-0.2, 0) is 6.42 Å². The first-order valence-corrected chi connectivity index (χ1v) is 6.45. The first-order chi connectivity index (χ1) is 8.07. The number of nitrogens with one attached hydrogen (secondary N) is 1. The molecule has 1 atom stereocenters. The number of nitrogens with zero attached hydrogens (tertiary/aromatic N) is 2. The number of pyridine rings is 1. The quantitative estimate of drug-likeness (QED) is 0.861. The van der Waals surface area contributed by atoms with Crippen molar-refractivity contribution in [3.63, 3.8) is 0 Å². The number of hydrogen-bond acceptors (Lipinski definition) is 3. The number of aromatic nitrogens is 1. The molecule has 0 aromatic carbocycles. The van der Waals surface area contributed by atoms with E-state index in [9.17, 15) is 0 Å². The molecule has 17 heavy (non-hydrogen) atoms. The van der Waals surface area contributed by atoms with Crippen LogP contribution in [0.25, 0.3) is 0 Å². The second-order valence-electron chi connectivity index (χ2n) is 5.69. The third-order valence-corrected chi connectivity index (χ3v) is 3.53. The summed E-state index contributed by atoms with van der Waals surface area (Å²) < 4.78 is 0. The maximum atomic E-state index is 4.05. The summed E-state index contributed by atoms with van der Waals surface area (Å²) in [6.45, 7) is 10.2. The Bertz CT molecular complexity index is 348. The van der Waals surface area contributed by atoms with Crippen LogP contribution in [0.4, 0.5) is 0 Å². The predicted molar refractivity (Wildman–Crippen MR) is 71.1 cm³/mol. The van der Waals surface area contributed by atoms with E-state index in [4.69, 9.17) is 0 Å². The molecule has 1 saturated heterocycles. The molecule has 0 amide bonds. The van der Waals surface area contributed by atoms with Gasteiger partial charge in [-0.25, -0.2) is 0 Å². The number of rotatable bonds is 3. The molecule has 1 N–H and O–H groups in total. The Hall–Kier alpha value is -0.930. The molecule has 1 aromatic rings. The van der Waals surface area contributed by atoms with Gasteiger partial charge in [0.1, 0.15) is 0 Å². The van der Waals surface area contributed by atoms with Crippen LogP contribution >= 0.6 is 0 Å². The summed E-state index contributed by atoms with van der Waals surface area (Å²) in [5.41, 5.74) is 1.62. The monoisotopic (exact) mass is 233 g/mol. The van der Waals surface area contributed by atoms with Crippen LogP contribution in [0.5, 0.6) is 0 Å². The molecule has 1 aliphatic heterocycles. The van der Waals surface area contributed by atoms with Crippen molar-refractivity contribution in [1.29, 1.82) is 0 Å². The van der Waals surface area contributed by atoms with E-state index in [-0.39, 0.29) is 5.54 Å². The van der Waals surface area contributed by atoms with E-state index in [2.05, 4.69) is 48.1 Å². The van der Waals surface area contributed by atoms with Gasteiger partial charge in [0.25, 0.3) is 0 Å². The van der Waals surface area contributed by atoms with Gasteiger partial charge < -0.3 is 5.32 Å². The summed E-state index contributed by atoms with van der Waals surface area (Å²) in [4.78, 5) is 6.63. The molecule has 3 nitrogen and oxygen atoms in total. The number of piperazine rings is 1. The van der Waals surface area contributed by atoms with Gasteiger partial charge in [-0.3, -0.25) is 9.88 Å². The molecule has 0 spiro atoms. The Balaban J connectivity index is 1.89. The molecule has 0 bridgehead atoms. The lowest BCUT2D eigenvalue weighted by Crippen LogP contribution is -2.60. The van der Waals surface area contributed by atoms with Crippen molar-refractivity contribution in [2.24, 2.45) is 0 Å². The first kappa shape index (κ1) is 12.5. The Morgan fingerprint density at radius 3 is 2.82 bits per heavy atom. The highest BCUT2D eigenvalue weighted by Gasteiger charge is 2.29. The second-order valence-corrected chi connectivity index (χ2v) is 5.69. The van der Waals surface area contributed by atoms with E-state index < -0.39 is 0 Å². The highest BCUT2D eigenvalue weighted by Crippen LogP contribution is 2.15. The lowest BCUT2D eigenvalue weighted by atomic mass is 9.99. The van der Waals surface area contributed by atoms with Crippen LogP contribution in [-0.4, -0.2) is 41.1 Å². The highest BCUT2D eigenvalue weighted by atomic mass is 15.2. The fraction of sp³-hybridized carbons (Fsp3) is 0.643. The molecule has 1 fully saturated rings. The normalized spacial score (nSPS) is 24.8. The Labute approximate surface area is 104 Å². The first-order valence-electron chi connectivity index (χ1n) is 6.45. The fourth-order valence-corrected chi connectivity index (χ4v) is 2.39. The summed E-state index contributed by atoms with van der Waals surface area (Å²) in [5.74, 6) is 0. The lowest BCUT2D eigenvalue weighted by Gasteiger charge is -2.43. The van der Waals surface area contributed by atoms with E-state index in [1.54, 1.807) is 0 Å². The minimum Gasteiger partial charge on any atom is -0.309 e. The van der Waals surface area contributed by atoms with Gasteiger partial charge in [0.15, 0.2) is 0 Å². The zero-order valence-corrected chi connectivity index (χ0v) is 11.1. The zero-order chi connectivity index (χ0) is 12.3. The van der Waals surface area contributed by atoms with Crippen molar-refractivity contribution in [1.82, 2.24) is 15.2 Å². The van der Waals surface area contributed by atoms with Gasteiger partial charge in [0.05, 0.1) is 0 Å². The average molecular weight is 233 g/mol. The molecule has 1 aromatic heterocycles. The van der Waals surface area contributed by atoms with E-state index in [0.29, 0.717) is 6.04 Å². The second kappa shape index (κ2) is 5.15. The Morgan fingerprint density at radius 1 is 1.41 bits per heavy atom. The van der Waals surface area contributed by atoms with Gasteiger partial charge in [-0.1, -0.05) is 0 Å². The Morgan fingerprint density at radius 2 is 2.12 bits per heavy atom. The van der Waals surface area contributed by atoms with E-state index in [1.165, 1.54) is 5.56 Å². The molecule has 0 saturated carbocycles. The number of hydrogen-bond donors (Lipinski definition) is 1. The van der Waals surface area contributed by atoms with E-state index in [0.717, 1.165) is 26.1 Å². The molecule has 1 aliphatic rings. The minimum absolute atomic E-state index is 0.241. The van der Waals surface area contributed by atoms with Crippen molar-refractivity contribution < 1.29 is 0 Å². The van der Waals surface area contributed by atoms with Crippen LogP contribution in [0.2, 0.25) is 0 Å². The van der Waals surface area contributed by atoms with E-state index in [1.807, 2.05) is 12.4 Å². The molecule has 0 aliphatic carbocycles. The molecule has 0 radical (unpaired) electrons. The van der Waals surface area contributed by atoms with Crippen molar-refractivity contribution >= 4 is 0 Å². The molecule has 3 heteroatoms. The largest absolute Gasteiger partial charge is 0.309 e. The highest BCUT2D eigenvalue weighted by molar-refractivity contribution is 5.10. The summed E-state index contributed by atoms with van der Waals surface area (Å²) >= 11 is 0.